The number of tetrazole rings is 1. The standard InChI is InChI=1S/C19H28N6/c1-2-6-17(7-3-1)10-11-25-19(20-21-22-25)16-23-12-14-24(15-13-23)18-8-4-5-9-18/h1-3,6-7,18H,4-5,8-16H2/p+2. The molecule has 1 aliphatic heterocycles. The summed E-state index contributed by atoms with van der Waals surface area (Å²) in [5.74, 6) is 1.04. The molecule has 1 saturated heterocycles. The molecular formula is C19H30N6+2. The zero-order valence-corrected chi connectivity index (χ0v) is 15.0. The van der Waals surface area contributed by atoms with Crippen LogP contribution in [-0.2, 0) is 19.5 Å². The molecule has 0 radical (unpaired) electrons. The van der Waals surface area contributed by atoms with Crippen LogP contribution in [0.5, 0.6) is 0 Å². The van der Waals surface area contributed by atoms with E-state index < -0.39 is 0 Å². The van der Waals surface area contributed by atoms with Gasteiger partial charge < -0.3 is 9.80 Å². The Labute approximate surface area is 149 Å². The second-order valence-electron chi connectivity index (χ2n) is 7.62. The lowest BCUT2D eigenvalue weighted by molar-refractivity contribution is -1.03. The van der Waals surface area contributed by atoms with E-state index in [0.29, 0.717) is 0 Å². The summed E-state index contributed by atoms with van der Waals surface area (Å²) in [5.41, 5.74) is 1.34. The SMILES string of the molecule is c1ccc(CCn2nnnc2C[NH+]2CC[NH+](C3CCCC3)CC2)cc1. The van der Waals surface area contributed by atoms with Crippen LogP contribution in [0.25, 0.3) is 0 Å². The number of hydrogen-bond acceptors (Lipinski definition) is 3. The van der Waals surface area contributed by atoms with Crippen LogP contribution < -0.4 is 9.80 Å². The van der Waals surface area contributed by atoms with Crippen LogP contribution in [0, 0.1) is 0 Å². The molecule has 1 aliphatic carbocycles. The summed E-state index contributed by atoms with van der Waals surface area (Å²) in [6, 6.07) is 11.5. The minimum Gasteiger partial charge on any atom is -0.323 e. The minimum absolute atomic E-state index is 0.860. The minimum atomic E-state index is 0.860. The maximum Gasteiger partial charge on any atom is 0.206 e. The van der Waals surface area contributed by atoms with Crippen LogP contribution >= 0.6 is 0 Å². The lowest BCUT2D eigenvalue weighted by atomic mass is 10.1. The summed E-state index contributed by atoms with van der Waals surface area (Å²) in [7, 11) is 0. The van der Waals surface area contributed by atoms with E-state index in [-0.39, 0.29) is 0 Å². The Morgan fingerprint density at radius 3 is 2.52 bits per heavy atom. The molecule has 1 aromatic carbocycles. The number of hydrogen-bond donors (Lipinski definition) is 2. The molecule has 2 N–H and O–H groups in total. The zero-order valence-electron chi connectivity index (χ0n) is 15.0. The second-order valence-corrected chi connectivity index (χ2v) is 7.62. The van der Waals surface area contributed by atoms with Crippen molar-refractivity contribution < 1.29 is 9.80 Å². The van der Waals surface area contributed by atoms with Gasteiger partial charge in [0.1, 0.15) is 32.7 Å². The third kappa shape index (κ3) is 4.25. The largest absolute Gasteiger partial charge is 0.323 e. The highest BCUT2D eigenvalue weighted by Crippen LogP contribution is 2.15. The molecule has 0 amide bonds. The van der Waals surface area contributed by atoms with E-state index in [9.17, 15) is 0 Å². The van der Waals surface area contributed by atoms with E-state index in [4.69, 9.17) is 0 Å². The lowest BCUT2D eigenvalue weighted by Gasteiger charge is -2.32. The maximum absolute atomic E-state index is 4.29. The van der Waals surface area contributed by atoms with E-state index in [1.807, 2.05) is 9.58 Å². The normalized spacial score (nSPS) is 24.6. The summed E-state index contributed by atoms with van der Waals surface area (Å²) in [6.45, 7) is 6.94. The summed E-state index contributed by atoms with van der Waals surface area (Å²) < 4.78 is 2.00. The smallest absolute Gasteiger partial charge is 0.206 e. The van der Waals surface area contributed by atoms with Gasteiger partial charge in [0.05, 0.1) is 6.04 Å². The van der Waals surface area contributed by atoms with Crippen molar-refractivity contribution in [2.24, 2.45) is 0 Å². The van der Waals surface area contributed by atoms with Crippen LogP contribution in [0.1, 0.15) is 37.1 Å². The molecule has 4 rings (SSSR count). The number of aryl methyl sites for hydroxylation is 2. The first-order valence-corrected chi connectivity index (χ1v) is 9.85. The molecular weight excluding hydrogens is 312 g/mol. The van der Waals surface area contributed by atoms with E-state index in [2.05, 4.69) is 45.9 Å². The second kappa shape index (κ2) is 8.06. The monoisotopic (exact) mass is 342 g/mol. The van der Waals surface area contributed by atoms with Gasteiger partial charge in [0, 0.05) is 6.54 Å². The molecule has 2 heterocycles. The van der Waals surface area contributed by atoms with Gasteiger partial charge in [-0.1, -0.05) is 30.3 Å². The van der Waals surface area contributed by atoms with Gasteiger partial charge in [-0.05, 0) is 48.1 Å². The quantitative estimate of drug-likeness (QED) is 0.719. The van der Waals surface area contributed by atoms with Gasteiger partial charge >= 0.3 is 0 Å². The Morgan fingerprint density at radius 1 is 1.00 bits per heavy atom. The third-order valence-corrected chi connectivity index (χ3v) is 6.00. The Morgan fingerprint density at radius 2 is 1.76 bits per heavy atom. The molecule has 1 aromatic heterocycles. The van der Waals surface area contributed by atoms with E-state index in [1.54, 1.807) is 4.90 Å². The lowest BCUT2D eigenvalue weighted by Crippen LogP contribution is -3.29. The summed E-state index contributed by atoms with van der Waals surface area (Å²) in [4.78, 5) is 3.49. The number of nitrogens with one attached hydrogen (secondary N) is 2. The van der Waals surface area contributed by atoms with Gasteiger partial charge in [0.25, 0.3) is 0 Å². The number of benzene rings is 1. The van der Waals surface area contributed by atoms with Gasteiger partial charge in [-0.15, -0.1) is 5.10 Å². The number of quaternary nitrogens is 2. The summed E-state index contributed by atoms with van der Waals surface area (Å²) in [6.07, 6.45) is 6.76. The van der Waals surface area contributed by atoms with Crippen LogP contribution in [-0.4, -0.2) is 52.4 Å². The number of piperazine rings is 1. The van der Waals surface area contributed by atoms with Crippen LogP contribution in [0.3, 0.4) is 0 Å². The molecule has 0 spiro atoms. The first kappa shape index (κ1) is 16.7. The van der Waals surface area contributed by atoms with Crippen molar-refractivity contribution in [3.8, 4) is 0 Å². The predicted molar refractivity (Wildman–Crippen MR) is 95.3 cm³/mol. The molecule has 6 heteroatoms. The van der Waals surface area contributed by atoms with Crippen LogP contribution in [0.4, 0.5) is 0 Å². The van der Waals surface area contributed by atoms with Crippen molar-refractivity contribution in [2.75, 3.05) is 26.2 Å². The third-order valence-electron chi connectivity index (χ3n) is 6.00. The molecule has 134 valence electrons. The fraction of sp³-hybridized carbons (Fsp3) is 0.632. The number of nitrogens with zero attached hydrogens (tertiary/aromatic N) is 4. The molecule has 1 saturated carbocycles. The molecule has 0 bridgehead atoms. The number of aromatic nitrogens is 4. The summed E-state index contributed by atoms with van der Waals surface area (Å²) >= 11 is 0. The van der Waals surface area contributed by atoms with Gasteiger partial charge in [0.15, 0.2) is 0 Å². The fourth-order valence-corrected chi connectivity index (χ4v) is 4.47. The van der Waals surface area contributed by atoms with Crippen molar-refractivity contribution >= 4 is 0 Å². The van der Waals surface area contributed by atoms with Crippen LogP contribution in [0.2, 0.25) is 0 Å². The van der Waals surface area contributed by atoms with Crippen molar-refractivity contribution in [1.82, 2.24) is 20.2 Å². The molecule has 25 heavy (non-hydrogen) atoms. The van der Waals surface area contributed by atoms with Crippen molar-refractivity contribution in [3.05, 3.63) is 41.7 Å². The van der Waals surface area contributed by atoms with Crippen molar-refractivity contribution in [1.29, 1.82) is 0 Å². The molecule has 2 aromatic rings. The van der Waals surface area contributed by atoms with E-state index >= 15 is 0 Å². The van der Waals surface area contributed by atoms with Gasteiger partial charge in [0.2, 0.25) is 5.82 Å². The van der Waals surface area contributed by atoms with Gasteiger partial charge in [-0.2, -0.15) is 0 Å². The van der Waals surface area contributed by atoms with E-state index in [1.165, 1.54) is 57.4 Å². The fourth-order valence-electron chi connectivity index (χ4n) is 4.47. The van der Waals surface area contributed by atoms with Crippen molar-refractivity contribution in [3.63, 3.8) is 0 Å². The Kier molecular flexibility index (Phi) is 5.37. The highest BCUT2D eigenvalue weighted by atomic mass is 15.5. The average Bonchev–Trinajstić information content (AvgIpc) is 3.34. The molecule has 0 unspecified atom stereocenters. The molecule has 0 atom stereocenters. The van der Waals surface area contributed by atoms with Crippen LogP contribution in [0.15, 0.2) is 30.3 Å². The topological polar surface area (TPSA) is 52.5 Å². The number of rotatable bonds is 6. The average molecular weight is 342 g/mol. The molecule has 2 fully saturated rings. The molecule has 2 aliphatic rings. The maximum atomic E-state index is 4.29. The highest BCUT2D eigenvalue weighted by molar-refractivity contribution is 5.14. The van der Waals surface area contributed by atoms with Gasteiger partial charge in [-0.25, -0.2) is 4.68 Å². The Balaban J connectivity index is 1.28. The van der Waals surface area contributed by atoms with E-state index in [0.717, 1.165) is 31.4 Å². The first-order chi connectivity index (χ1) is 12.4. The Bertz CT molecular complexity index is 641. The predicted octanol–water partition coefficient (Wildman–Crippen LogP) is -0.858. The Hall–Kier alpha value is -1.79. The zero-order chi connectivity index (χ0) is 16.9. The molecule has 6 nitrogen and oxygen atoms in total. The first-order valence-electron chi connectivity index (χ1n) is 9.85. The van der Waals surface area contributed by atoms with Crippen molar-refractivity contribution in [2.45, 2.75) is 51.2 Å². The van der Waals surface area contributed by atoms with Gasteiger partial charge in [-0.3, -0.25) is 0 Å². The highest BCUT2D eigenvalue weighted by Gasteiger charge is 2.31. The summed E-state index contributed by atoms with van der Waals surface area (Å²) in [5, 5.41) is 12.4.